The monoisotopic (exact) mass is 296 g/mol. The summed E-state index contributed by atoms with van der Waals surface area (Å²) in [6.45, 7) is 8.65. The van der Waals surface area contributed by atoms with E-state index in [0.717, 1.165) is 13.1 Å². The van der Waals surface area contributed by atoms with Crippen LogP contribution in [0.4, 0.5) is 0 Å². The summed E-state index contributed by atoms with van der Waals surface area (Å²) in [4.78, 5) is 16.2. The predicted octanol–water partition coefficient (Wildman–Crippen LogP) is 0.661. The molecule has 122 valence electrons. The molecular weight excluding hydrogens is 264 g/mol. The highest BCUT2D eigenvalue weighted by Gasteiger charge is 2.24. The van der Waals surface area contributed by atoms with Gasteiger partial charge < -0.3 is 15.5 Å². The summed E-state index contributed by atoms with van der Waals surface area (Å²) in [5, 5.41) is 6.56. The summed E-state index contributed by atoms with van der Waals surface area (Å²) in [6.07, 6.45) is 6.19. The minimum Gasteiger partial charge on any atom is -0.358 e. The number of rotatable bonds is 6. The van der Waals surface area contributed by atoms with E-state index in [0.29, 0.717) is 18.6 Å². The van der Waals surface area contributed by atoms with Gasteiger partial charge in [-0.3, -0.25) is 9.69 Å². The number of hydrogen-bond donors (Lipinski definition) is 2. The molecular formula is C16H32N4O. The van der Waals surface area contributed by atoms with E-state index >= 15 is 0 Å². The average Bonchev–Trinajstić information content (AvgIpc) is 2.51. The van der Waals surface area contributed by atoms with Crippen molar-refractivity contribution in [3.05, 3.63) is 0 Å². The van der Waals surface area contributed by atoms with Gasteiger partial charge in [0.25, 0.3) is 0 Å². The van der Waals surface area contributed by atoms with E-state index in [-0.39, 0.29) is 5.91 Å². The van der Waals surface area contributed by atoms with Crippen LogP contribution >= 0.6 is 0 Å². The van der Waals surface area contributed by atoms with Crippen LogP contribution in [0, 0.1) is 0 Å². The number of amides is 1. The second-order valence-corrected chi connectivity index (χ2v) is 6.51. The number of hydrogen-bond acceptors (Lipinski definition) is 4. The van der Waals surface area contributed by atoms with Crippen molar-refractivity contribution < 1.29 is 4.79 Å². The van der Waals surface area contributed by atoms with Gasteiger partial charge in [0, 0.05) is 32.2 Å². The molecule has 2 N–H and O–H groups in total. The van der Waals surface area contributed by atoms with Crippen LogP contribution in [0.25, 0.3) is 0 Å². The maximum atomic E-state index is 11.4. The lowest BCUT2D eigenvalue weighted by Crippen LogP contribution is -2.50. The molecule has 1 amide bonds. The third-order valence-corrected chi connectivity index (χ3v) is 4.83. The molecule has 2 rings (SSSR count). The molecule has 0 bridgehead atoms. The second-order valence-electron chi connectivity index (χ2n) is 6.51. The Morgan fingerprint density at radius 1 is 1.00 bits per heavy atom. The Hall–Kier alpha value is -0.650. The summed E-state index contributed by atoms with van der Waals surface area (Å²) < 4.78 is 0. The smallest absolute Gasteiger partial charge is 0.233 e. The standard InChI is InChI=1S/C16H32N4O/c1-3-8-19-9-4-14(5-10-19)18-15-6-11-20(12-7-15)13-16(21)17-2/h14-15,18H,3-13H2,1-2H3,(H,17,21). The largest absolute Gasteiger partial charge is 0.358 e. The lowest BCUT2D eigenvalue weighted by atomic mass is 9.99. The van der Waals surface area contributed by atoms with E-state index in [1.165, 1.54) is 51.7 Å². The fourth-order valence-electron chi connectivity index (χ4n) is 3.51. The number of nitrogens with one attached hydrogen (secondary N) is 2. The molecule has 2 saturated heterocycles. The van der Waals surface area contributed by atoms with Gasteiger partial charge in [-0.2, -0.15) is 0 Å². The lowest BCUT2D eigenvalue weighted by Gasteiger charge is -2.37. The molecule has 21 heavy (non-hydrogen) atoms. The Morgan fingerprint density at radius 2 is 1.52 bits per heavy atom. The van der Waals surface area contributed by atoms with Crippen molar-refractivity contribution in [2.24, 2.45) is 0 Å². The maximum Gasteiger partial charge on any atom is 0.233 e. The highest BCUT2D eigenvalue weighted by atomic mass is 16.1. The number of likely N-dealkylation sites (N-methyl/N-ethyl adjacent to an activating group) is 1. The van der Waals surface area contributed by atoms with E-state index in [4.69, 9.17) is 0 Å². The van der Waals surface area contributed by atoms with Gasteiger partial charge in [0.2, 0.25) is 5.91 Å². The number of piperidine rings is 2. The van der Waals surface area contributed by atoms with Crippen LogP contribution < -0.4 is 10.6 Å². The van der Waals surface area contributed by atoms with Crippen molar-refractivity contribution in [2.45, 2.75) is 51.1 Å². The highest BCUT2D eigenvalue weighted by Crippen LogP contribution is 2.15. The summed E-state index contributed by atoms with van der Waals surface area (Å²) >= 11 is 0. The number of nitrogens with zero attached hydrogens (tertiary/aromatic N) is 2. The van der Waals surface area contributed by atoms with Gasteiger partial charge in [0.1, 0.15) is 0 Å². The van der Waals surface area contributed by atoms with Gasteiger partial charge in [0.15, 0.2) is 0 Å². The van der Waals surface area contributed by atoms with Gasteiger partial charge in [-0.25, -0.2) is 0 Å². The number of likely N-dealkylation sites (tertiary alicyclic amines) is 2. The van der Waals surface area contributed by atoms with E-state index in [1.54, 1.807) is 7.05 Å². The van der Waals surface area contributed by atoms with Gasteiger partial charge in [-0.15, -0.1) is 0 Å². The fraction of sp³-hybridized carbons (Fsp3) is 0.938. The molecule has 0 saturated carbocycles. The van der Waals surface area contributed by atoms with Gasteiger partial charge >= 0.3 is 0 Å². The molecule has 0 aromatic rings. The topological polar surface area (TPSA) is 47.6 Å². The third kappa shape index (κ3) is 5.57. The van der Waals surface area contributed by atoms with E-state index in [1.807, 2.05) is 0 Å². The third-order valence-electron chi connectivity index (χ3n) is 4.83. The van der Waals surface area contributed by atoms with Crippen molar-refractivity contribution >= 4 is 5.91 Å². The molecule has 0 aromatic heterocycles. The summed E-state index contributed by atoms with van der Waals surface area (Å²) in [6, 6.07) is 1.35. The zero-order valence-corrected chi connectivity index (χ0v) is 13.7. The Bertz CT molecular complexity index is 307. The number of carbonyl (C=O) groups is 1. The van der Waals surface area contributed by atoms with Gasteiger partial charge in [0.05, 0.1) is 6.54 Å². The van der Waals surface area contributed by atoms with E-state index < -0.39 is 0 Å². The van der Waals surface area contributed by atoms with Crippen LogP contribution in [-0.4, -0.2) is 74.1 Å². The Labute approximate surface area is 129 Å². The number of carbonyl (C=O) groups excluding carboxylic acids is 1. The van der Waals surface area contributed by atoms with Crippen molar-refractivity contribution in [1.29, 1.82) is 0 Å². The molecule has 0 aromatic carbocycles. The zero-order chi connectivity index (χ0) is 15.1. The van der Waals surface area contributed by atoms with Crippen LogP contribution in [0.1, 0.15) is 39.0 Å². The molecule has 0 unspecified atom stereocenters. The first-order chi connectivity index (χ1) is 10.2. The van der Waals surface area contributed by atoms with Crippen LogP contribution in [-0.2, 0) is 4.79 Å². The summed E-state index contributed by atoms with van der Waals surface area (Å²) in [5.41, 5.74) is 0. The zero-order valence-electron chi connectivity index (χ0n) is 13.7. The molecule has 0 spiro atoms. The van der Waals surface area contributed by atoms with Crippen molar-refractivity contribution in [3.8, 4) is 0 Å². The average molecular weight is 296 g/mol. The molecule has 2 aliphatic rings. The quantitative estimate of drug-likeness (QED) is 0.756. The van der Waals surface area contributed by atoms with Crippen LogP contribution in [0.2, 0.25) is 0 Å². The highest BCUT2D eigenvalue weighted by molar-refractivity contribution is 5.77. The SMILES string of the molecule is CCCN1CCC(NC2CCN(CC(=O)NC)CC2)CC1. The maximum absolute atomic E-state index is 11.4. The minimum absolute atomic E-state index is 0.129. The van der Waals surface area contributed by atoms with E-state index in [2.05, 4.69) is 27.4 Å². The molecule has 2 aliphatic heterocycles. The molecule has 2 fully saturated rings. The molecule has 0 aliphatic carbocycles. The predicted molar refractivity (Wildman–Crippen MR) is 86.4 cm³/mol. The second kappa shape index (κ2) is 8.71. The minimum atomic E-state index is 0.129. The Balaban J connectivity index is 1.62. The van der Waals surface area contributed by atoms with E-state index in [9.17, 15) is 4.79 Å². The van der Waals surface area contributed by atoms with Crippen molar-refractivity contribution in [3.63, 3.8) is 0 Å². The van der Waals surface area contributed by atoms with Crippen LogP contribution in [0.3, 0.4) is 0 Å². The first-order valence-corrected chi connectivity index (χ1v) is 8.62. The lowest BCUT2D eigenvalue weighted by molar-refractivity contribution is -0.122. The molecule has 2 heterocycles. The first kappa shape index (κ1) is 16.7. The molecule has 0 atom stereocenters. The first-order valence-electron chi connectivity index (χ1n) is 8.62. The fourth-order valence-corrected chi connectivity index (χ4v) is 3.51. The summed E-state index contributed by atoms with van der Waals surface area (Å²) in [7, 11) is 1.71. The molecule has 5 nitrogen and oxygen atoms in total. The van der Waals surface area contributed by atoms with Crippen LogP contribution in [0.15, 0.2) is 0 Å². The van der Waals surface area contributed by atoms with Crippen molar-refractivity contribution in [2.75, 3.05) is 46.3 Å². The molecule has 5 heteroatoms. The van der Waals surface area contributed by atoms with Crippen LogP contribution in [0.5, 0.6) is 0 Å². The molecule has 0 radical (unpaired) electrons. The van der Waals surface area contributed by atoms with Gasteiger partial charge in [-0.1, -0.05) is 6.92 Å². The Kier molecular flexibility index (Phi) is 6.93. The normalized spacial score (nSPS) is 23.3. The Morgan fingerprint density at radius 3 is 2.00 bits per heavy atom. The summed E-state index contributed by atoms with van der Waals surface area (Å²) in [5.74, 6) is 0.129. The van der Waals surface area contributed by atoms with Crippen molar-refractivity contribution in [1.82, 2.24) is 20.4 Å². The van der Waals surface area contributed by atoms with Gasteiger partial charge in [-0.05, 0) is 51.7 Å².